The van der Waals surface area contributed by atoms with Crippen molar-refractivity contribution in [1.29, 1.82) is 0 Å². The van der Waals surface area contributed by atoms with Crippen LogP contribution < -0.4 is 5.32 Å². The molecule has 0 aliphatic rings. The van der Waals surface area contributed by atoms with Gasteiger partial charge in [-0.2, -0.15) is 0 Å². The van der Waals surface area contributed by atoms with Crippen molar-refractivity contribution < 1.29 is 33.4 Å². The fourth-order valence-electron chi connectivity index (χ4n) is 3.00. The SMILES string of the molecule is O=C(CCC(=O)OCC(=O)c1ccc(Br)cc1)Nc1ccc(C(=O)OCC(=O)c2ccc(Br)cc2)cc1. The second kappa shape index (κ2) is 13.6. The monoisotopic (exact) mass is 629 g/mol. The Labute approximate surface area is 229 Å². The highest BCUT2D eigenvalue weighted by atomic mass is 79.9. The summed E-state index contributed by atoms with van der Waals surface area (Å²) in [6.07, 6.45) is -0.344. The van der Waals surface area contributed by atoms with Crippen molar-refractivity contribution in [3.05, 3.63) is 98.4 Å². The number of Topliss-reactive ketones (excluding diaryl/α,β-unsaturated/α-hetero) is 2. The topological polar surface area (TPSA) is 116 Å². The third kappa shape index (κ3) is 9.07. The predicted octanol–water partition coefficient (Wildman–Crippen LogP) is 5.40. The van der Waals surface area contributed by atoms with Crippen LogP contribution in [0.1, 0.15) is 43.9 Å². The Hall–Kier alpha value is -3.63. The summed E-state index contributed by atoms with van der Waals surface area (Å²) in [6.45, 7) is -0.807. The van der Waals surface area contributed by atoms with E-state index in [4.69, 9.17) is 9.47 Å². The normalized spacial score (nSPS) is 10.3. The van der Waals surface area contributed by atoms with Crippen LogP contribution in [0.4, 0.5) is 5.69 Å². The average molecular weight is 631 g/mol. The van der Waals surface area contributed by atoms with Gasteiger partial charge in [-0.15, -0.1) is 0 Å². The lowest BCUT2D eigenvalue weighted by atomic mass is 10.1. The first-order valence-corrected chi connectivity index (χ1v) is 12.6. The van der Waals surface area contributed by atoms with Gasteiger partial charge in [0, 0.05) is 32.2 Å². The largest absolute Gasteiger partial charge is 0.457 e. The molecule has 0 aliphatic carbocycles. The lowest BCUT2D eigenvalue weighted by molar-refractivity contribution is -0.143. The number of hydrogen-bond acceptors (Lipinski definition) is 7. The van der Waals surface area contributed by atoms with Crippen LogP contribution in [0.15, 0.2) is 81.7 Å². The molecule has 0 fully saturated rings. The maximum atomic E-state index is 12.2. The highest BCUT2D eigenvalue weighted by Gasteiger charge is 2.14. The minimum absolute atomic E-state index is 0.146. The molecule has 0 unspecified atom stereocenters. The van der Waals surface area contributed by atoms with Crippen molar-refractivity contribution in [2.75, 3.05) is 18.5 Å². The van der Waals surface area contributed by atoms with Crippen molar-refractivity contribution in [1.82, 2.24) is 0 Å². The Morgan fingerprint density at radius 2 is 1.05 bits per heavy atom. The molecule has 0 spiro atoms. The quantitative estimate of drug-likeness (QED) is 0.223. The number of amides is 1. The number of anilines is 1. The van der Waals surface area contributed by atoms with E-state index in [0.717, 1.165) is 8.95 Å². The first kappa shape index (κ1) is 27.9. The number of rotatable bonds is 11. The zero-order valence-corrected chi connectivity index (χ0v) is 22.5. The van der Waals surface area contributed by atoms with Crippen molar-refractivity contribution in [2.24, 2.45) is 0 Å². The van der Waals surface area contributed by atoms with E-state index in [9.17, 15) is 24.0 Å². The van der Waals surface area contributed by atoms with Gasteiger partial charge in [0.1, 0.15) is 0 Å². The molecular weight excluding hydrogens is 610 g/mol. The van der Waals surface area contributed by atoms with Crippen LogP contribution >= 0.6 is 31.9 Å². The zero-order valence-electron chi connectivity index (χ0n) is 19.4. The summed E-state index contributed by atoms with van der Waals surface area (Å²) in [5.41, 5.74) is 1.46. The van der Waals surface area contributed by atoms with Crippen LogP contribution in [0.2, 0.25) is 0 Å². The minimum atomic E-state index is -0.677. The van der Waals surface area contributed by atoms with Gasteiger partial charge in [-0.1, -0.05) is 56.1 Å². The lowest BCUT2D eigenvalue weighted by Gasteiger charge is -2.08. The fourth-order valence-corrected chi connectivity index (χ4v) is 3.53. The highest BCUT2D eigenvalue weighted by Crippen LogP contribution is 2.14. The van der Waals surface area contributed by atoms with Crippen molar-refractivity contribution in [3.63, 3.8) is 0 Å². The molecular formula is C27H21Br2NO7. The molecule has 0 saturated carbocycles. The van der Waals surface area contributed by atoms with Gasteiger partial charge in [0.25, 0.3) is 0 Å². The summed E-state index contributed by atoms with van der Waals surface area (Å²) < 4.78 is 11.7. The summed E-state index contributed by atoms with van der Waals surface area (Å²) >= 11 is 6.56. The Morgan fingerprint density at radius 1 is 0.595 bits per heavy atom. The second-order valence-electron chi connectivity index (χ2n) is 7.72. The number of carbonyl (C=O) groups is 5. The lowest BCUT2D eigenvalue weighted by Crippen LogP contribution is -2.17. The molecule has 0 saturated heterocycles. The van der Waals surface area contributed by atoms with Crippen molar-refractivity contribution in [2.45, 2.75) is 12.8 Å². The fraction of sp³-hybridized carbons (Fsp3) is 0.148. The van der Waals surface area contributed by atoms with Gasteiger partial charge in [0.2, 0.25) is 5.91 Å². The van der Waals surface area contributed by atoms with Crippen molar-refractivity contribution >= 4 is 67.0 Å². The average Bonchev–Trinajstić information content (AvgIpc) is 2.90. The molecule has 3 rings (SSSR count). The maximum absolute atomic E-state index is 12.2. The molecule has 0 aliphatic heterocycles. The number of carbonyl (C=O) groups excluding carboxylic acids is 5. The van der Waals surface area contributed by atoms with E-state index in [1.54, 1.807) is 48.5 Å². The maximum Gasteiger partial charge on any atom is 0.338 e. The van der Waals surface area contributed by atoms with Crippen LogP contribution in [0.25, 0.3) is 0 Å². The first-order chi connectivity index (χ1) is 17.7. The first-order valence-electron chi connectivity index (χ1n) is 11.0. The van der Waals surface area contributed by atoms with Gasteiger partial charge in [0.15, 0.2) is 24.8 Å². The molecule has 0 bridgehead atoms. The van der Waals surface area contributed by atoms with E-state index in [1.165, 1.54) is 24.3 Å². The van der Waals surface area contributed by atoms with Gasteiger partial charge in [-0.25, -0.2) is 4.79 Å². The summed E-state index contributed by atoms with van der Waals surface area (Å²) in [7, 11) is 0. The Kier molecular flexibility index (Phi) is 10.3. The minimum Gasteiger partial charge on any atom is -0.457 e. The smallest absolute Gasteiger partial charge is 0.338 e. The summed E-state index contributed by atoms with van der Waals surface area (Å²) in [5, 5.41) is 2.61. The number of benzene rings is 3. The molecule has 0 radical (unpaired) electrons. The van der Waals surface area contributed by atoms with Crippen LogP contribution in [0.3, 0.4) is 0 Å². The van der Waals surface area contributed by atoms with Gasteiger partial charge in [0.05, 0.1) is 12.0 Å². The number of nitrogens with one attached hydrogen (secondary N) is 1. The number of esters is 2. The van der Waals surface area contributed by atoms with Gasteiger partial charge in [-0.05, 0) is 48.5 Å². The molecule has 190 valence electrons. The van der Waals surface area contributed by atoms with Crippen LogP contribution in [-0.4, -0.2) is 42.6 Å². The molecule has 1 amide bonds. The Balaban J connectivity index is 1.38. The predicted molar refractivity (Wildman–Crippen MR) is 142 cm³/mol. The Bertz CT molecular complexity index is 1290. The summed E-state index contributed by atoms with van der Waals surface area (Å²) in [5.74, 6) is -2.46. The number of ketones is 2. The molecule has 3 aromatic rings. The second-order valence-corrected chi connectivity index (χ2v) is 9.55. The van der Waals surface area contributed by atoms with E-state index < -0.39 is 31.1 Å². The zero-order chi connectivity index (χ0) is 26.8. The molecule has 0 atom stereocenters. The van der Waals surface area contributed by atoms with E-state index in [-0.39, 0.29) is 30.0 Å². The van der Waals surface area contributed by atoms with Gasteiger partial charge in [-0.3, -0.25) is 19.2 Å². The Morgan fingerprint density at radius 3 is 1.57 bits per heavy atom. The summed E-state index contributed by atoms with van der Waals surface area (Å²) in [6, 6.07) is 19.2. The number of halogens is 2. The van der Waals surface area contributed by atoms with Crippen LogP contribution in [0, 0.1) is 0 Å². The van der Waals surface area contributed by atoms with Crippen LogP contribution in [0.5, 0.6) is 0 Å². The molecule has 8 nitrogen and oxygen atoms in total. The van der Waals surface area contributed by atoms with Crippen molar-refractivity contribution in [3.8, 4) is 0 Å². The molecule has 1 N–H and O–H groups in total. The third-order valence-electron chi connectivity index (χ3n) is 4.99. The highest BCUT2D eigenvalue weighted by molar-refractivity contribution is 9.10. The van der Waals surface area contributed by atoms with Gasteiger partial charge >= 0.3 is 11.9 Å². The molecule has 0 aromatic heterocycles. The molecule has 0 heterocycles. The van der Waals surface area contributed by atoms with E-state index >= 15 is 0 Å². The van der Waals surface area contributed by atoms with Crippen LogP contribution in [-0.2, 0) is 19.1 Å². The third-order valence-corrected chi connectivity index (χ3v) is 6.05. The molecule has 3 aromatic carbocycles. The van der Waals surface area contributed by atoms with Gasteiger partial charge < -0.3 is 14.8 Å². The molecule has 37 heavy (non-hydrogen) atoms. The number of hydrogen-bond donors (Lipinski definition) is 1. The van der Waals surface area contributed by atoms with E-state index in [2.05, 4.69) is 37.2 Å². The van der Waals surface area contributed by atoms with E-state index in [1.807, 2.05) is 0 Å². The molecule has 10 heteroatoms. The number of ether oxygens (including phenoxy) is 2. The van der Waals surface area contributed by atoms with E-state index in [0.29, 0.717) is 16.8 Å². The standard InChI is InChI=1S/C27H21Br2NO7/c28-20-7-1-17(2-8-20)23(31)15-36-26(34)14-13-25(33)30-22-11-5-19(6-12-22)27(35)37-16-24(32)18-3-9-21(29)10-4-18/h1-12H,13-16H2,(H,30,33). The summed E-state index contributed by atoms with van der Waals surface area (Å²) in [4.78, 5) is 60.4.